The number of thiazole rings is 1. The van der Waals surface area contributed by atoms with E-state index in [-0.39, 0.29) is 11.8 Å². The molecule has 2 amide bonds. The zero-order chi connectivity index (χ0) is 13.8. The zero-order valence-corrected chi connectivity index (χ0v) is 11.8. The minimum absolute atomic E-state index is 0.0741. The lowest BCUT2D eigenvalue weighted by Gasteiger charge is -2.34. The summed E-state index contributed by atoms with van der Waals surface area (Å²) in [6.07, 6.45) is 1.07. The van der Waals surface area contributed by atoms with E-state index < -0.39 is 0 Å². The van der Waals surface area contributed by atoms with Crippen LogP contribution in [0.1, 0.15) is 19.0 Å². The van der Waals surface area contributed by atoms with Gasteiger partial charge in [-0.05, 0) is 6.42 Å². The number of aromatic nitrogens is 1. The Kier molecular flexibility index (Phi) is 4.36. The number of aryl methyl sites for hydroxylation is 1. The second-order valence-electron chi connectivity index (χ2n) is 4.56. The van der Waals surface area contributed by atoms with E-state index in [4.69, 9.17) is 5.73 Å². The van der Waals surface area contributed by atoms with Crippen LogP contribution in [-0.2, 0) is 16.0 Å². The lowest BCUT2D eigenvalue weighted by molar-refractivity contribution is -0.138. The molecule has 6 nitrogen and oxygen atoms in total. The molecule has 1 saturated heterocycles. The molecule has 0 aromatic carbocycles. The predicted octanol–water partition coefficient (Wildman–Crippen LogP) is 0.349. The fourth-order valence-corrected chi connectivity index (χ4v) is 2.70. The first kappa shape index (κ1) is 13.8. The van der Waals surface area contributed by atoms with Crippen LogP contribution in [0.15, 0.2) is 5.38 Å². The molecule has 1 aromatic heterocycles. The molecular weight excluding hydrogens is 264 g/mol. The number of nitrogen functional groups attached to an aromatic ring is 1. The van der Waals surface area contributed by atoms with Crippen molar-refractivity contribution in [3.05, 3.63) is 11.1 Å². The number of nitrogens with two attached hydrogens (primary N) is 1. The van der Waals surface area contributed by atoms with E-state index in [1.165, 1.54) is 11.3 Å². The third-order valence-corrected chi connectivity index (χ3v) is 3.96. The van der Waals surface area contributed by atoms with E-state index >= 15 is 0 Å². The third kappa shape index (κ3) is 3.66. The normalized spacial score (nSPS) is 15.6. The SMILES string of the molecule is CC(=O)N1CCN(C(=O)CCc2csc(N)n2)CC1. The fourth-order valence-electron chi connectivity index (χ4n) is 2.10. The Morgan fingerprint density at radius 3 is 2.47 bits per heavy atom. The zero-order valence-electron chi connectivity index (χ0n) is 11.0. The number of amides is 2. The number of hydrogen-bond donors (Lipinski definition) is 1. The van der Waals surface area contributed by atoms with Gasteiger partial charge in [0.1, 0.15) is 0 Å². The van der Waals surface area contributed by atoms with Gasteiger partial charge in [-0.15, -0.1) is 11.3 Å². The molecule has 0 saturated carbocycles. The molecule has 1 aliphatic heterocycles. The summed E-state index contributed by atoms with van der Waals surface area (Å²) in [6, 6.07) is 0. The van der Waals surface area contributed by atoms with E-state index in [0.29, 0.717) is 44.2 Å². The number of nitrogens with zero attached hydrogens (tertiary/aromatic N) is 3. The average Bonchev–Trinajstić information content (AvgIpc) is 2.82. The highest BCUT2D eigenvalue weighted by Gasteiger charge is 2.22. The Morgan fingerprint density at radius 1 is 1.32 bits per heavy atom. The molecule has 0 bridgehead atoms. The van der Waals surface area contributed by atoms with Crippen LogP contribution in [0.4, 0.5) is 5.13 Å². The van der Waals surface area contributed by atoms with Gasteiger partial charge in [0.05, 0.1) is 5.69 Å². The van der Waals surface area contributed by atoms with Crippen molar-refractivity contribution < 1.29 is 9.59 Å². The molecule has 0 atom stereocenters. The smallest absolute Gasteiger partial charge is 0.223 e. The number of carbonyl (C=O) groups is 2. The molecule has 0 radical (unpaired) electrons. The molecule has 19 heavy (non-hydrogen) atoms. The van der Waals surface area contributed by atoms with Crippen LogP contribution < -0.4 is 5.73 Å². The molecule has 2 N–H and O–H groups in total. The van der Waals surface area contributed by atoms with Crippen molar-refractivity contribution in [2.24, 2.45) is 0 Å². The van der Waals surface area contributed by atoms with Gasteiger partial charge >= 0.3 is 0 Å². The van der Waals surface area contributed by atoms with Crippen LogP contribution >= 0.6 is 11.3 Å². The molecule has 1 aromatic rings. The summed E-state index contributed by atoms with van der Waals surface area (Å²) < 4.78 is 0. The van der Waals surface area contributed by atoms with Crippen molar-refractivity contribution in [1.82, 2.24) is 14.8 Å². The molecule has 0 spiro atoms. The van der Waals surface area contributed by atoms with Gasteiger partial charge in [-0.2, -0.15) is 0 Å². The standard InChI is InChI=1S/C12H18N4O2S/c1-9(17)15-4-6-16(7-5-15)11(18)3-2-10-8-19-12(13)14-10/h8H,2-7H2,1H3,(H2,13,14). The van der Waals surface area contributed by atoms with Crippen molar-refractivity contribution >= 4 is 28.3 Å². The largest absolute Gasteiger partial charge is 0.375 e. The molecule has 0 aliphatic carbocycles. The first-order valence-electron chi connectivity index (χ1n) is 6.29. The molecule has 1 aliphatic rings. The maximum Gasteiger partial charge on any atom is 0.223 e. The van der Waals surface area contributed by atoms with Gasteiger partial charge in [0, 0.05) is 44.9 Å². The highest BCUT2D eigenvalue weighted by molar-refractivity contribution is 7.13. The molecule has 7 heteroatoms. The third-order valence-electron chi connectivity index (χ3n) is 3.24. The molecular formula is C12H18N4O2S. The Bertz CT molecular complexity index is 466. The Balaban J connectivity index is 1.77. The van der Waals surface area contributed by atoms with Gasteiger partial charge in [0.15, 0.2) is 5.13 Å². The van der Waals surface area contributed by atoms with Crippen molar-refractivity contribution in [3.8, 4) is 0 Å². The minimum atomic E-state index is 0.0741. The van der Waals surface area contributed by atoms with Crippen molar-refractivity contribution in [2.75, 3.05) is 31.9 Å². The fraction of sp³-hybridized carbons (Fsp3) is 0.583. The van der Waals surface area contributed by atoms with Crippen LogP contribution in [0.2, 0.25) is 0 Å². The Labute approximate surface area is 116 Å². The minimum Gasteiger partial charge on any atom is -0.375 e. The second kappa shape index (κ2) is 6.01. The number of carbonyl (C=O) groups excluding carboxylic acids is 2. The molecule has 2 rings (SSSR count). The van der Waals surface area contributed by atoms with E-state index in [9.17, 15) is 9.59 Å². The summed E-state index contributed by atoms with van der Waals surface area (Å²) >= 11 is 1.39. The van der Waals surface area contributed by atoms with E-state index in [0.717, 1.165) is 5.69 Å². The molecule has 0 unspecified atom stereocenters. The summed E-state index contributed by atoms with van der Waals surface area (Å²) in [5.41, 5.74) is 6.42. The predicted molar refractivity (Wildman–Crippen MR) is 73.7 cm³/mol. The van der Waals surface area contributed by atoms with Crippen molar-refractivity contribution in [3.63, 3.8) is 0 Å². The quantitative estimate of drug-likeness (QED) is 0.867. The molecule has 104 valence electrons. The molecule has 2 heterocycles. The first-order valence-corrected chi connectivity index (χ1v) is 7.17. The van der Waals surface area contributed by atoms with Crippen molar-refractivity contribution in [1.29, 1.82) is 0 Å². The number of anilines is 1. The van der Waals surface area contributed by atoms with Gasteiger partial charge in [-0.1, -0.05) is 0 Å². The summed E-state index contributed by atoms with van der Waals surface area (Å²) in [5.74, 6) is 0.194. The first-order chi connectivity index (χ1) is 9.06. The lowest BCUT2D eigenvalue weighted by Crippen LogP contribution is -2.50. The average molecular weight is 282 g/mol. The van der Waals surface area contributed by atoms with Gasteiger partial charge in [-0.25, -0.2) is 4.98 Å². The topological polar surface area (TPSA) is 79.5 Å². The summed E-state index contributed by atoms with van der Waals surface area (Å²) in [7, 11) is 0. The summed E-state index contributed by atoms with van der Waals surface area (Å²) in [4.78, 5) is 30.9. The van der Waals surface area contributed by atoms with Crippen LogP contribution in [0.3, 0.4) is 0 Å². The summed E-state index contributed by atoms with van der Waals surface area (Å²) in [6.45, 7) is 4.06. The lowest BCUT2D eigenvalue weighted by atomic mass is 10.2. The maximum absolute atomic E-state index is 12.0. The van der Waals surface area contributed by atoms with Crippen LogP contribution in [0, 0.1) is 0 Å². The van der Waals surface area contributed by atoms with E-state index in [2.05, 4.69) is 4.98 Å². The van der Waals surface area contributed by atoms with Gasteiger partial charge in [0.2, 0.25) is 11.8 Å². The van der Waals surface area contributed by atoms with Crippen LogP contribution in [0.5, 0.6) is 0 Å². The van der Waals surface area contributed by atoms with E-state index in [1.54, 1.807) is 11.8 Å². The number of hydrogen-bond acceptors (Lipinski definition) is 5. The monoisotopic (exact) mass is 282 g/mol. The highest BCUT2D eigenvalue weighted by atomic mass is 32.1. The van der Waals surface area contributed by atoms with Crippen LogP contribution in [-0.4, -0.2) is 52.8 Å². The molecule has 1 fully saturated rings. The maximum atomic E-state index is 12.0. The Morgan fingerprint density at radius 2 is 1.95 bits per heavy atom. The summed E-state index contributed by atoms with van der Waals surface area (Å²) in [5, 5.41) is 2.42. The number of rotatable bonds is 3. The Hall–Kier alpha value is -1.63. The van der Waals surface area contributed by atoms with Gasteiger partial charge in [0.25, 0.3) is 0 Å². The van der Waals surface area contributed by atoms with Gasteiger partial charge < -0.3 is 15.5 Å². The highest BCUT2D eigenvalue weighted by Crippen LogP contribution is 2.13. The van der Waals surface area contributed by atoms with Gasteiger partial charge in [-0.3, -0.25) is 9.59 Å². The van der Waals surface area contributed by atoms with Crippen molar-refractivity contribution in [2.45, 2.75) is 19.8 Å². The number of piperazine rings is 1. The van der Waals surface area contributed by atoms with Crippen LogP contribution in [0.25, 0.3) is 0 Å². The second-order valence-corrected chi connectivity index (χ2v) is 5.45. The van der Waals surface area contributed by atoms with E-state index in [1.807, 2.05) is 10.3 Å².